The van der Waals surface area contributed by atoms with Gasteiger partial charge in [-0.2, -0.15) is 0 Å². The topological polar surface area (TPSA) is 32.5 Å². The summed E-state index contributed by atoms with van der Waals surface area (Å²) in [6.45, 7) is 8.04. The maximum atomic E-state index is 5.93. The molecule has 1 fully saturated rings. The third kappa shape index (κ3) is 4.09. The fourth-order valence-corrected chi connectivity index (χ4v) is 2.39. The van der Waals surface area contributed by atoms with Crippen molar-refractivity contribution >= 4 is 0 Å². The fourth-order valence-electron chi connectivity index (χ4n) is 2.39. The van der Waals surface area contributed by atoms with Crippen LogP contribution in [0.5, 0.6) is 0 Å². The Balaban J connectivity index is 2.29. The Morgan fingerprint density at radius 1 is 1.27 bits per heavy atom. The molecule has 0 aromatic heterocycles. The summed E-state index contributed by atoms with van der Waals surface area (Å²) in [4.78, 5) is 4.84. The van der Waals surface area contributed by atoms with Gasteiger partial charge in [-0.05, 0) is 59.8 Å². The van der Waals surface area contributed by atoms with Crippen molar-refractivity contribution < 1.29 is 0 Å². The van der Waals surface area contributed by atoms with Gasteiger partial charge >= 0.3 is 0 Å². The maximum absolute atomic E-state index is 5.93. The Kier molecular flexibility index (Phi) is 5.03. The molecule has 0 aromatic carbocycles. The van der Waals surface area contributed by atoms with Crippen LogP contribution in [-0.2, 0) is 0 Å². The molecule has 1 aliphatic rings. The SMILES string of the molecule is CC(N)C(C)N1CCC(CN(C)C)CC1. The van der Waals surface area contributed by atoms with Crippen LogP contribution < -0.4 is 5.73 Å². The lowest BCUT2D eigenvalue weighted by Gasteiger charge is -2.38. The van der Waals surface area contributed by atoms with Crippen molar-refractivity contribution in [3.63, 3.8) is 0 Å². The minimum absolute atomic E-state index is 0.287. The highest BCUT2D eigenvalue weighted by atomic mass is 15.2. The van der Waals surface area contributed by atoms with E-state index in [4.69, 9.17) is 5.73 Å². The molecule has 2 atom stereocenters. The summed E-state index contributed by atoms with van der Waals surface area (Å²) in [5, 5.41) is 0. The minimum Gasteiger partial charge on any atom is -0.327 e. The average Bonchev–Trinajstić information content (AvgIpc) is 2.17. The van der Waals surface area contributed by atoms with Crippen molar-refractivity contribution in [3.05, 3.63) is 0 Å². The zero-order chi connectivity index (χ0) is 11.4. The standard InChI is InChI=1S/C12H27N3/c1-10(13)11(2)15-7-5-12(6-8-15)9-14(3)4/h10-12H,5-9,13H2,1-4H3. The lowest BCUT2D eigenvalue weighted by atomic mass is 9.94. The molecule has 3 heteroatoms. The molecule has 0 aliphatic carbocycles. The van der Waals surface area contributed by atoms with E-state index in [0.29, 0.717) is 6.04 Å². The Labute approximate surface area is 94.6 Å². The van der Waals surface area contributed by atoms with Gasteiger partial charge in [0.05, 0.1) is 0 Å². The van der Waals surface area contributed by atoms with E-state index in [1.807, 2.05) is 0 Å². The van der Waals surface area contributed by atoms with E-state index in [1.165, 1.54) is 32.5 Å². The van der Waals surface area contributed by atoms with E-state index in [0.717, 1.165) is 5.92 Å². The Hall–Kier alpha value is -0.120. The Bertz CT molecular complexity index is 172. The molecule has 3 nitrogen and oxygen atoms in total. The lowest BCUT2D eigenvalue weighted by Crippen LogP contribution is -2.48. The molecule has 0 bridgehead atoms. The zero-order valence-electron chi connectivity index (χ0n) is 10.7. The predicted octanol–water partition coefficient (Wildman–Crippen LogP) is 0.996. The molecule has 1 rings (SSSR count). The molecule has 90 valence electrons. The molecule has 0 radical (unpaired) electrons. The van der Waals surface area contributed by atoms with Crippen molar-refractivity contribution in [1.82, 2.24) is 9.80 Å². The largest absolute Gasteiger partial charge is 0.327 e. The van der Waals surface area contributed by atoms with Crippen LogP contribution in [0.1, 0.15) is 26.7 Å². The first-order valence-corrected chi connectivity index (χ1v) is 6.15. The third-order valence-corrected chi connectivity index (χ3v) is 3.61. The highest BCUT2D eigenvalue weighted by Gasteiger charge is 2.24. The van der Waals surface area contributed by atoms with Gasteiger partial charge in [-0.15, -0.1) is 0 Å². The first-order chi connectivity index (χ1) is 7.00. The monoisotopic (exact) mass is 213 g/mol. The molecule has 2 unspecified atom stereocenters. The van der Waals surface area contributed by atoms with Gasteiger partial charge in [0.2, 0.25) is 0 Å². The van der Waals surface area contributed by atoms with E-state index in [1.54, 1.807) is 0 Å². The zero-order valence-corrected chi connectivity index (χ0v) is 10.7. The predicted molar refractivity (Wildman–Crippen MR) is 66.0 cm³/mol. The van der Waals surface area contributed by atoms with Gasteiger partial charge in [-0.25, -0.2) is 0 Å². The van der Waals surface area contributed by atoms with Crippen molar-refractivity contribution in [2.75, 3.05) is 33.7 Å². The molecule has 0 aromatic rings. The summed E-state index contributed by atoms with van der Waals surface area (Å²) in [6, 6.07) is 0.820. The van der Waals surface area contributed by atoms with Crippen molar-refractivity contribution in [1.29, 1.82) is 0 Å². The van der Waals surface area contributed by atoms with E-state index in [9.17, 15) is 0 Å². The number of nitrogens with two attached hydrogens (primary N) is 1. The van der Waals surface area contributed by atoms with Crippen LogP contribution in [0.25, 0.3) is 0 Å². The van der Waals surface area contributed by atoms with Crippen LogP contribution in [0.3, 0.4) is 0 Å². The van der Waals surface area contributed by atoms with Crippen molar-refractivity contribution in [3.8, 4) is 0 Å². The lowest BCUT2D eigenvalue weighted by molar-refractivity contribution is 0.117. The minimum atomic E-state index is 0.287. The van der Waals surface area contributed by atoms with Crippen LogP contribution >= 0.6 is 0 Å². The second kappa shape index (κ2) is 5.83. The van der Waals surface area contributed by atoms with E-state index >= 15 is 0 Å². The van der Waals surface area contributed by atoms with Gasteiger partial charge in [0, 0.05) is 18.6 Å². The van der Waals surface area contributed by atoms with Crippen LogP contribution in [0.4, 0.5) is 0 Å². The molecule has 0 saturated carbocycles. The second-order valence-corrected chi connectivity index (χ2v) is 5.34. The van der Waals surface area contributed by atoms with E-state index < -0.39 is 0 Å². The molecular weight excluding hydrogens is 186 g/mol. The summed E-state index contributed by atoms with van der Waals surface area (Å²) >= 11 is 0. The van der Waals surface area contributed by atoms with Crippen LogP contribution in [0.2, 0.25) is 0 Å². The van der Waals surface area contributed by atoms with Crippen molar-refractivity contribution in [2.24, 2.45) is 11.7 Å². The highest BCUT2D eigenvalue weighted by molar-refractivity contribution is 4.80. The summed E-state index contributed by atoms with van der Waals surface area (Å²) in [6.07, 6.45) is 2.66. The number of hydrogen-bond acceptors (Lipinski definition) is 3. The van der Waals surface area contributed by atoms with Gasteiger partial charge in [0.25, 0.3) is 0 Å². The van der Waals surface area contributed by atoms with Crippen LogP contribution in [0.15, 0.2) is 0 Å². The Morgan fingerprint density at radius 3 is 2.20 bits per heavy atom. The smallest absolute Gasteiger partial charge is 0.0216 e. The normalized spacial score (nSPS) is 24.4. The number of rotatable bonds is 4. The molecule has 1 aliphatic heterocycles. The summed E-state index contributed by atoms with van der Waals surface area (Å²) in [7, 11) is 4.33. The fraction of sp³-hybridized carbons (Fsp3) is 1.00. The number of likely N-dealkylation sites (tertiary alicyclic amines) is 1. The molecule has 2 N–H and O–H groups in total. The van der Waals surface area contributed by atoms with Gasteiger partial charge in [-0.1, -0.05) is 0 Å². The molecule has 15 heavy (non-hydrogen) atoms. The molecular formula is C12H27N3. The third-order valence-electron chi connectivity index (χ3n) is 3.61. The molecule has 0 spiro atoms. The van der Waals surface area contributed by atoms with Crippen molar-refractivity contribution in [2.45, 2.75) is 38.8 Å². The van der Waals surface area contributed by atoms with Gasteiger partial charge < -0.3 is 10.6 Å². The van der Waals surface area contributed by atoms with Crippen LogP contribution in [-0.4, -0.2) is 55.6 Å². The maximum Gasteiger partial charge on any atom is 0.0216 e. The molecule has 1 heterocycles. The van der Waals surface area contributed by atoms with E-state index in [-0.39, 0.29) is 6.04 Å². The highest BCUT2D eigenvalue weighted by Crippen LogP contribution is 2.19. The molecule has 0 amide bonds. The summed E-state index contributed by atoms with van der Waals surface area (Å²) in [5.74, 6) is 0.886. The second-order valence-electron chi connectivity index (χ2n) is 5.34. The van der Waals surface area contributed by atoms with Gasteiger partial charge in [0.15, 0.2) is 0 Å². The quantitative estimate of drug-likeness (QED) is 0.756. The van der Waals surface area contributed by atoms with Gasteiger partial charge in [-0.3, -0.25) is 4.90 Å². The number of piperidine rings is 1. The number of hydrogen-bond donors (Lipinski definition) is 1. The average molecular weight is 213 g/mol. The van der Waals surface area contributed by atoms with E-state index in [2.05, 4.69) is 37.7 Å². The first-order valence-electron chi connectivity index (χ1n) is 6.15. The number of nitrogens with zero attached hydrogens (tertiary/aromatic N) is 2. The van der Waals surface area contributed by atoms with Crippen LogP contribution in [0, 0.1) is 5.92 Å². The first kappa shape index (κ1) is 12.9. The summed E-state index contributed by atoms with van der Waals surface area (Å²) in [5.41, 5.74) is 5.93. The van der Waals surface area contributed by atoms with Gasteiger partial charge in [0.1, 0.15) is 0 Å². The Morgan fingerprint density at radius 2 is 1.80 bits per heavy atom. The summed E-state index contributed by atoms with van der Waals surface area (Å²) < 4.78 is 0. The molecule has 1 saturated heterocycles.